The Hall–Kier alpha value is -3.26. The standard InChI is InChI=1S/C24H23BrN4O3/c1-24(2,3)12-18-26-19-20(22(30)28-27-21(19)25)29(18)13-14-8-10-15(11-9-14)16-6-4-5-7-17(16)23(31)32/h4-11H,12-13H2,1-3H3,(H,28,30)(H,31,32). The maximum absolute atomic E-state index is 11.6. The number of nitrogens with zero attached hydrogens (tertiary/aromatic N) is 4. The Morgan fingerprint density at radius 3 is 2.41 bits per heavy atom. The van der Waals surface area contributed by atoms with Gasteiger partial charge in [0.25, 0.3) is 5.88 Å². The molecule has 0 aliphatic carbocycles. The van der Waals surface area contributed by atoms with Crippen molar-refractivity contribution in [3.63, 3.8) is 0 Å². The van der Waals surface area contributed by atoms with Crippen LogP contribution in [0.4, 0.5) is 0 Å². The molecule has 32 heavy (non-hydrogen) atoms. The first-order valence-corrected chi connectivity index (χ1v) is 11.0. The number of aromatic hydroxyl groups is 1. The molecule has 2 aromatic heterocycles. The van der Waals surface area contributed by atoms with Crippen LogP contribution in [0.5, 0.6) is 5.88 Å². The second kappa shape index (κ2) is 8.35. The molecule has 0 atom stereocenters. The van der Waals surface area contributed by atoms with E-state index in [9.17, 15) is 15.0 Å². The number of halogens is 1. The van der Waals surface area contributed by atoms with Crippen molar-refractivity contribution < 1.29 is 15.0 Å². The summed E-state index contributed by atoms with van der Waals surface area (Å²) < 4.78 is 2.45. The van der Waals surface area contributed by atoms with Crippen molar-refractivity contribution in [3.05, 3.63) is 70.1 Å². The highest BCUT2D eigenvalue weighted by Crippen LogP contribution is 2.32. The number of aromatic nitrogens is 4. The average Bonchev–Trinajstić information content (AvgIpc) is 3.09. The minimum absolute atomic E-state index is 0.00746. The number of hydrogen-bond acceptors (Lipinski definition) is 5. The zero-order chi connectivity index (χ0) is 23.0. The fourth-order valence-electron chi connectivity index (χ4n) is 3.73. The second-order valence-corrected chi connectivity index (χ2v) is 9.66. The van der Waals surface area contributed by atoms with Crippen LogP contribution in [0.15, 0.2) is 53.1 Å². The van der Waals surface area contributed by atoms with Crippen molar-refractivity contribution in [1.82, 2.24) is 19.7 Å². The summed E-state index contributed by atoms with van der Waals surface area (Å²) >= 11 is 3.39. The van der Waals surface area contributed by atoms with E-state index in [-0.39, 0.29) is 16.9 Å². The molecular weight excluding hydrogens is 472 g/mol. The molecule has 0 unspecified atom stereocenters. The van der Waals surface area contributed by atoms with Gasteiger partial charge in [-0.05, 0) is 44.1 Å². The van der Waals surface area contributed by atoms with Crippen molar-refractivity contribution in [2.75, 3.05) is 0 Å². The number of aromatic carboxylic acids is 1. The van der Waals surface area contributed by atoms with E-state index in [1.807, 2.05) is 34.9 Å². The minimum atomic E-state index is -0.955. The molecule has 2 heterocycles. The van der Waals surface area contributed by atoms with Gasteiger partial charge >= 0.3 is 5.97 Å². The molecule has 4 aromatic rings. The van der Waals surface area contributed by atoms with Crippen molar-refractivity contribution in [3.8, 4) is 17.0 Å². The van der Waals surface area contributed by atoms with Gasteiger partial charge in [-0.3, -0.25) is 0 Å². The first-order valence-electron chi connectivity index (χ1n) is 10.2. The summed E-state index contributed by atoms with van der Waals surface area (Å²) in [7, 11) is 0. The fraction of sp³-hybridized carbons (Fsp3) is 0.250. The Bertz CT molecular complexity index is 1310. The summed E-state index contributed by atoms with van der Waals surface area (Å²) in [6, 6.07) is 14.7. The Labute approximate surface area is 193 Å². The maximum Gasteiger partial charge on any atom is 0.336 e. The first-order chi connectivity index (χ1) is 15.1. The minimum Gasteiger partial charge on any atom is -0.491 e. The van der Waals surface area contributed by atoms with Crippen molar-refractivity contribution in [2.45, 2.75) is 33.7 Å². The number of hydrogen-bond donors (Lipinski definition) is 2. The number of benzene rings is 2. The van der Waals surface area contributed by atoms with E-state index >= 15 is 0 Å². The van der Waals surface area contributed by atoms with Gasteiger partial charge in [-0.25, -0.2) is 9.78 Å². The molecule has 164 valence electrons. The molecule has 2 aromatic carbocycles. The summed E-state index contributed by atoms with van der Waals surface area (Å²) in [4.78, 5) is 16.3. The summed E-state index contributed by atoms with van der Waals surface area (Å²) in [6.07, 6.45) is 0.706. The maximum atomic E-state index is 11.6. The van der Waals surface area contributed by atoms with Crippen LogP contribution in [0.2, 0.25) is 0 Å². The van der Waals surface area contributed by atoms with Gasteiger partial charge in [0.2, 0.25) is 0 Å². The van der Waals surface area contributed by atoms with E-state index in [0.29, 0.717) is 34.2 Å². The normalized spacial score (nSPS) is 11.8. The number of imidazole rings is 1. The number of carboxylic acid groups (broad SMARTS) is 1. The molecular formula is C24H23BrN4O3. The third kappa shape index (κ3) is 4.36. The molecule has 0 amide bonds. The highest BCUT2D eigenvalue weighted by molar-refractivity contribution is 9.10. The van der Waals surface area contributed by atoms with Gasteiger partial charge in [-0.2, -0.15) is 0 Å². The lowest BCUT2D eigenvalue weighted by Gasteiger charge is -2.19. The fourth-order valence-corrected chi connectivity index (χ4v) is 4.08. The zero-order valence-corrected chi connectivity index (χ0v) is 19.6. The van der Waals surface area contributed by atoms with Crippen molar-refractivity contribution >= 4 is 32.9 Å². The molecule has 7 nitrogen and oxygen atoms in total. The Kier molecular flexibility index (Phi) is 5.73. The molecule has 0 saturated heterocycles. The SMILES string of the molecule is CC(C)(C)Cc1nc2c(Br)nnc(O)c2n1Cc1ccc(-c2ccccc2C(=O)O)cc1. The topological polar surface area (TPSA) is 101 Å². The van der Waals surface area contributed by atoms with Crippen LogP contribution in [0.1, 0.15) is 42.5 Å². The van der Waals surface area contributed by atoms with Gasteiger partial charge in [0.05, 0.1) is 5.56 Å². The Balaban J connectivity index is 1.75. The molecule has 0 aliphatic heterocycles. The lowest BCUT2D eigenvalue weighted by Crippen LogP contribution is -2.15. The summed E-state index contributed by atoms with van der Waals surface area (Å²) in [5, 5.41) is 27.7. The number of rotatable bonds is 5. The molecule has 0 radical (unpaired) electrons. The quantitative estimate of drug-likeness (QED) is 0.390. The number of fused-ring (bicyclic) bond motifs is 1. The van der Waals surface area contributed by atoms with Crippen LogP contribution in [0.25, 0.3) is 22.2 Å². The molecule has 0 spiro atoms. The number of carbonyl (C=O) groups is 1. The van der Waals surface area contributed by atoms with E-state index in [2.05, 4.69) is 46.9 Å². The van der Waals surface area contributed by atoms with Gasteiger partial charge < -0.3 is 14.8 Å². The third-order valence-corrected chi connectivity index (χ3v) is 5.67. The summed E-state index contributed by atoms with van der Waals surface area (Å²) in [5.74, 6) is -0.287. The average molecular weight is 495 g/mol. The van der Waals surface area contributed by atoms with E-state index in [1.54, 1.807) is 18.2 Å². The van der Waals surface area contributed by atoms with E-state index in [4.69, 9.17) is 4.98 Å². The van der Waals surface area contributed by atoms with Crippen LogP contribution in [-0.4, -0.2) is 35.9 Å². The van der Waals surface area contributed by atoms with E-state index < -0.39 is 5.97 Å². The highest BCUT2D eigenvalue weighted by Gasteiger charge is 2.22. The molecule has 8 heteroatoms. The molecule has 2 N–H and O–H groups in total. The van der Waals surface area contributed by atoms with Crippen molar-refractivity contribution in [1.29, 1.82) is 0 Å². The Morgan fingerprint density at radius 1 is 1.06 bits per heavy atom. The molecule has 0 saturated carbocycles. The van der Waals surface area contributed by atoms with Crippen LogP contribution in [0.3, 0.4) is 0 Å². The van der Waals surface area contributed by atoms with Gasteiger partial charge in [0.15, 0.2) is 4.60 Å². The predicted molar refractivity (Wildman–Crippen MR) is 126 cm³/mol. The number of carboxylic acids is 1. The largest absolute Gasteiger partial charge is 0.491 e. The van der Waals surface area contributed by atoms with Gasteiger partial charge in [-0.15, -0.1) is 10.2 Å². The third-order valence-electron chi connectivity index (χ3n) is 5.14. The predicted octanol–water partition coefficient (Wildman–Crippen LogP) is 5.30. The Morgan fingerprint density at radius 2 is 1.75 bits per heavy atom. The molecule has 0 aliphatic rings. The van der Waals surface area contributed by atoms with Crippen LogP contribution in [-0.2, 0) is 13.0 Å². The highest BCUT2D eigenvalue weighted by atomic mass is 79.9. The summed E-state index contributed by atoms with van der Waals surface area (Å²) in [6.45, 7) is 6.89. The van der Waals surface area contributed by atoms with Gasteiger partial charge in [0.1, 0.15) is 16.9 Å². The van der Waals surface area contributed by atoms with Gasteiger partial charge in [-0.1, -0.05) is 63.2 Å². The van der Waals surface area contributed by atoms with E-state index in [0.717, 1.165) is 17.0 Å². The first kappa shape index (κ1) is 22.0. The van der Waals surface area contributed by atoms with E-state index in [1.165, 1.54) is 0 Å². The zero-order valence-electron chi connectivity index (χ0n) is 18.0. The molecule has 4 rings (SSSR count). The molecule has 0 fully saturated rings. The monoisotopic (exact) mass is 494 g/mol. The van der Waals surface area contributed by atoms with Crippen LogP contribution in [0, 0.1) is 5.41 Å². The van der Waals surface area contributed by atoms with Gasteiger partial charge in [0, 0.05) is 13.0 Å². The van der Waals surface area contributed by atoms with Crippen LogP contribution >= 0.6 is 15.9 Å². The van der Waals surface area contributed by atoms with Crippen LogP contribution < -0.4 is 0 Å². The van der Waals surface area contributed by atoms with Crippen molar-refractivity contribution in [2.24, 2.45) is 5.41 Å². The summed E-state index contributed by atoms with van der Waals surface area (Å²) in [5.41, 5.74) is 3.85. The smallest absolute Gasteiger partial charge is 0.336 e. The lowest BCUT2D eigenvalue weighted by molar-refractivity contribution is 0.0697. The molecule has 0 bridgehead atoms. The second-order valence-electron chi connectivity index (χ2n) is 8.91. The lowest BCUT2D eigenvalue weighted by atomic mass is 9.92.